The van der Waals surface area contributed by atoms with Crippen molar-refractivity contribution in [2.45, 2.75) is 12.5 Å². The Bertz CT molecular complexity index is 340. The Labute approximate surface area is 99.7 Å². The van der Waals surface area contributed by atoms with E-state index in [4.69, 9.17) is 22.1 Å². The first-order valence-electron chi connectivity index (χ1n) is 4.94. The van der Waals surface area contributed by atoms with Gasteiger partial charge in [-0.15, -0.1) is 0 Å². The molecule has 0 radical (unpaired) electrons. The Kier molecular flexibility index (Phi) is 5.25. The molecule has 1 amide bonds. The average molecular weight is 243 g/mol. The van der Waals surface area contributed by atoms with Gasteiger partial charge in [0, 0.05) is 24.4 Å². The SMILES string of the molecule is COCCC(N)C(=O)Nc1ccc(Cl)cc1. The summed E-state index contributed by atoms with van der Waals surface area (Å²) in [5, 5.41) is 3.33. The second-order valence-corrected chi connectivity index (χ2v) is 3.82. The molecule has 1 atom stereocenters. The van der Waals surface area contributed by atoms with Crippen LogP contribution in [-0.2, 0) is 9.53 Å². The highest BCUT2D eigenvalue weighted by molar-refractivity contribution is 6.30. The first kappa shape index (κ1) is 13.0. The zero-order valence-electron chi connectivity index (χ0n) is 9.07. The molecule has 16 heavy (non-hydrogen) atoms. The summed E-state index contributed by atoms with van der Waals surface area (Å²) in [4.78, 5) is 11.6. The topological polar surface area (TPSA) is 64.3 Å². The summed E-state index contributed by atoms with van der Waals surface area (Å²) in [7, 11) is 1.57. The highest BCUT2D eigenvalue weighted by atomic mass is 35.5. The minimum atomic E-state index is -0.560. The van der Waals surface area contributed by atoms with E-state index < -0.39 is 6.04 Å². The van der Waals surface area contributed by atoms with E-state index in [1.165, 1.54) is 0 Å². The number of hydrogen-bond acceptors (Lipinski definition) is 3. The van der Waals surface area contributed by atoms with Crippen LogP contribution in [0.25, 0.3) is 0 Å². The molecule has 0 aromatic heterocycles. The number of hydrogen-bond donors (Lipinski definition) is 2. The number of halogens is 1. The molecule has 0 bridgehead atoms. The molecule has 0 spiro atoms. The van der Waals surface area contributed by atoms with Gasteiger partial charge in [0.15, 0.2) is 0 Å². The van der Waals surface area contributed by atoms with E-state index in [9.17, 15) is 4.79 Å². The van der Waals surface area contributed by atoms with Gasteiger partial charge in [0.2, 0.25) is 5.91 Å². The second-order valence-electron chi connectivity index (χ2n) is 3.38. The average Bonchev–Trinajstić information content (AvgIpc) is 2.29. The fraction of sp³-hybridized carbons (Fsp3) is 0.364. The highest BCUT2D eigenvalue weighted by Crippen LogP contribution is 2.13. The van der Waals surface area contributed by atoms with E-state index in [0.29, 0.717) is 23.7 Å². The van der Waals surface area contributed by atoms with Crippen molar-refractivity contribution in [3.63, 3.8) is 0 Å². The van der Waals surface area contributed by atoms with Gasteiger partial charge in [-0.2, -0.15) is 0 Å². The van der Waals surface area contributed by atoms with Crippen molar-refractivity contribution in [2.75, 3.05) is 19.0 Å². The van der Waals surface area contributed by atoms with Crippen LogP contribution in [0.2, 0.25) is 5.02 Å². The normalized spacial score (nSPS) is 12.2. The van der Waals surface area contributed by atoms with Gasteiger partial charge in [-0.3, -0.25) is 4.79 Å². The Balaban J connectivity index is 2.47. The molecule has 0 aliphatic heterocycles. The third-order valence-corrected chi connectivity index (χ3v) is 2.33. The fourth-order valence-corrected chi connectivity index (χ4v) is 1.27. The molecular formula is C11H15ClN2O2. The molecule has 1 rings (SSSR count). The molecule has 0 aliphatic carbocycles. The summed E-state index contributed by atoms with van der Waals surface area (Å²) in [6, 6.07) is 6.30. The smallest absolute Gasteiger partial charge is 0.241 e. The lowest BCUT2D eigenvalue weighted by Crippen LogP contribution is -2.36. The molecule has 0 saturated carbocycles. The maximum absolute atomic E-state index is 11.6. The van der Waals surface area contributed by atoms with Gasteiger partial charge in [0.1, 0.15) is 0 Å². The monoisotopic (exact) mass is 242 g/mol. The number of anilines is 1. The molecule has 3 N–H and O–H groups in total. The molecule has 0 heterocycles. The first-order chi connectivity index (χ1) is 7.63. The van der Waals surface area contributed by atoms with E-state index in [2.05, 4.69) is 5.32 Å². The molecule has 5 heteroatoms. The summed E-state index contributed by atoms with van der Waals surface area (Å²) in [6.45, 7) is 0.467. The predicted octanol–water partition coefficient (Wildman–Crippen LogP) is 1.64. The number of ether oxygens (including phenoxy) is 1. The van der Waals surface area contributed by atoms with Crippen LogP contribution in [0.3, 0.4) is 0 Å². The highest BCUT2D eigenvalue weighted by Gasteiger charge is 2.12. The lowest BCUT2D eigenvalue weighted by molar-refractivity contribution is -0.117. The minimum Gasteiger partial charge on any atom is -0.385 e. The van der Waals surface area contributed by atoms with Crippen molar-refractivity contribution < 1.29 is 9.53 Å². The minimum absolute atomic E-state index is 0.223. The van der Waals surface area contributed by atoms with Gasteiger partial charge in [0.05, 0.1) is 6.04 Å². The molecule has 1 aromatic carbocycles. The number of nitrogens with one attached hydrogen (secondary N) is 1. The van der Waals surface area contributed by atoms with Crippen LogP contribution in [0.4, 0.5) is 5.69 Å². The van der Waals surface area contributed by atoms with Crippen molar-refractivity contribution in [1.29, 1.82) is 0 Å². The molecule has 0 fully saturated rings. The van der Waals surface area contributed by atoms with Crippen LogP contribution in [0.5, 0.6) is 0 Å². The molecule has 4 nitrogen and oxygen atoms in total. The van der Waals surface area contributed by atoms with Gasteiger partial charge in [-0.25, -0.2) is 0 Å². The molecule has 0 aliphatic rings. The maximum atomic E-state index is 11.6. The summed E-state index contributed by atoms with van der Waals surface area (Å²) in [5.41, 5.74) is 6.35. The van der Waals surface area contributed by atoms with Crippen LogP contribution in [-0.4, -0.2) is 25.7 Å². The molecule has 0 saturated heterocycles. The Morgan fingerprint density at radius 2 is 2.12 bits per heavy atom. The van der Waals surface area contributed by atoms with Crippen molar-refractivity contribution in [3.8, 4) is 0 Å². The predicted molar refractivity (Wildman–Crippen MR) is 64.6 cm³/mol. The lowest BCUT2D eigenvalue weighted by atomic mass is 10.2. The Morgan fingerprint density at radius 3 is 2.69 bits per heavy atom. The second kappa shape index (κ2) is 6.48. The van der Waals surface area contributed by atoms with E-state index >= 15 is 0 Å². The molecule has 88 valence electrons. The lowest BCUT2D eigenvalue weighted by Gasteiger charge is -2.11. The summed E-state index contributed by atoms with van der Waals surface area (Å²) in [6.07, 6.45) is 0.496. The van der Waals surface area contributed by atoms with Gasteiger partial charge in [-0.1, -0.05) is 11.6 Å². The number of methoxy groups -OCH3 is 1. The Hall–Kier alpha value is -1.10. The standard InChI is InChI=1S/C11H15ClN2O2/c1-16-7-6-10(13)11(15)14-9-4-2-8(12)3-5-9/h2-5,10H,6-7,13H2,1H3,(H,14,15). The van der Waals surface area contributed by atoms with Crippen LogP contribution >= 0.6 is 11.6 Å². The number of amides is 1. The van der Waals surface area contributed by atoms with Gasteiger partial charge >= 0.3 is 0 Å². The van der Waals surface area contributed by atoms with Crippen LogP contribution in [0.1, 0.15) is 6.42 Å². The summed E-state index contributed by atoms with van der Waals surface area (Å²) < 4.78 is 4.85. The zero-order chi connectivity index (χ0) is 12.0. The maximum Gasteiger partial charge on any atom is 0.241 e. The zero-order valence-corrected chi connectivity index (χ0v) is 9.83. The number of benzene rings is 1. The van der Waals surface area contributed by atoms with Gasteiger partial charge in [0.25, 0.3) is 0 Å². The van der Waals surface area contributed by atoms with E-state index in [1.807, 2.05) is 0 Å². The summed E-state index contributed by atoms with van der Waals surface area (Å²) in [5.74, 6) is -0.223. The number of rotatable bonds is 5. The summed E-state index contributed by atoms with van der Waals surface area (Å²) >= 11 is 5.73. The third-order valence-electron chi connectivity index (χ3n) is 2.08. The molecule has 1 unspecified atom stereocenters. The fourth-order valence-electron chi connectivity index (χ4n) is 1.14. The van der Waals surface area contributed by atoms with Crippen LogP contribution in [0, 0.1) is 0 Å². The molecular weight excluding hydrogens is 228 g/mol. The number of carbonyl (C=O) groups is 1. The van der Waals surface area contributed by atoms with Crippen LogP contribution in [0.15, 0.2) is 24.3 Å². The van der Waals surface area contributed by atoms with Gasteiger partial charge in [-0.05, 0) is 30.7 Å². The van der Waals surface area contributed by atoms with Crippen molar-refractivity contribution in [3.05, 3.63) is 29.3 Å². The van der Waals surface area contributed by atoms with E-state index in [1.54, 1.807) is 31.4 Å². The third kappa shape index (κ3) is 4.18. The van der Waals surface area contributed by atoms with Crippen molar-refractivity contribution in [2.24, 2.45) is 5.73 Å². The number of carbonyl (C=O) groups excluding carboxylic acids is 1. The van der Waals surface area contributed by atoms with E-state index in [0.717, 1.165) is 0 Å². The van der Waals surface area contributed by atoms with Crippen molar-refractivity contribution in [1.82, 2.24) is 0 Å². The quantitative estimate of drug-likeness (QED) is 0.825. The van der Waals surface area contributed by atoms with Crippen LogP contribution < -0.4 is 11.1 Å². The Morgan fingerprint density at radius 1 is 1.50 bits per heavy atom. The first-order valence-corrected chi connectivity index (χ1v) is 5.32. The molecule has 1 aromatic rings. The van der Waals surface area contributed by atoms with Crippen molar-refractivity contribution >= 4 is 23.2 Å². The van der Waals surface area contributed by atoms with E-state index in [-0.39, 0.29) is 5.91 Å². The largest absolute Gasteiger partial charge is 0.385 e. The van der Waals surface area contributed by atoms with Gasteiger partial charge < -0.3 is 15.8 Å². The number of nitrogens with two attached hydrogens (primary N) is 1.